The predicted octanol–water partition coefficient (Wildman–Crippen LogP) is 3.17. The Hall–Kier alpha value is -2.56. The summed E-state index contributed by atoms with van der Waals surface area (Å²) in [4.78, 5) is 3.78. The minimum atomic E-state index is -0.0814. The zero-order chi connectivity index (χ0) is 17.0. The maximum atomic E-state index is 11.4. The van der Waals surface area contributed by atoms with Crippen molar-refractivity contribution >= 4 is 23.9 Å². The molecule has 0 radical (unpaired) electrons. The van der Waals surface area contributed by atoms with Gasteiger partial charge in [0.2, 0.25) is 0 Å². The van der Waals surface area contributed by atoms with Crippen LogP contribution < -0.4 is 5.11 Å². The van der Waals surface area contributed by atoms with Gasteiger partial charge in [0.05, 0.1) is 6.21 Å². The minimum absolute atomic E-state index is 0. The van der Waals surface area contributed by atoms with Gasteiger partial charge in [0, 0.05) is 12.4 Å². The Kier molecular flexibility index (Phi) is 9.75. The summed E-state index contributed by atoms with van der Waals surface area (Å²) in [6.45, 7) is 0. The summed E-state index contributed by atoms with van der Waals surface area (Å²) in [5.74, 6) is -0.0814. The first kappa shape index (κ1) is 20.5. The zero-order valence-corrected chi connectivity index (χ0v) is 14.9. The van der Waals surface area contributed by atoms with Gasteiger partial charge < -0.3 is 17.7 Å². The third-order valence-electron chi connectivity index (χ3n) is 2.85. The first-order valence-corrected chi connectivity index (χ1v) is 7.62. The molecule has 0 aliphatic heterocycles. The fraction of sp³-hybridized carbons (Fsp3) is 0. The molecule has 0 spiro atoms. The van der Waals surface area contributed by atoms with Crippen LogP contribution in [-0.4, -0.2) is 16.2 Å². The maximum Gasteiger partial charge on any atom is 2.00 e. The van der Waals surface area contributed by atoms with E-state index in [1.807, 2.05) is 48.5 Å². The number of benzene rings is 2. The van der Waals surface area contributed by atoms with Crippen molar-refractivity contribution < 1.29 is 21.6 Å². The normalized spacial score (nSPS) is 10.5. The summed E-state index contributed by atoms with van der Waals surface area (Å²) in [7, 11) is 0. The molecule has 0 aliphatic rings. The van der Waals surface area contributed by atoms with Gasteiger partial charge in [-0.3, -0.25) is 4.98 Å². The molecule has 0 saturated carbocycles. The van der Waals surface area contributed by atoms with Gasteiger partial charge in [0.25, 0.3) is 0 Å². The van der Waals surface area contributed by atoms with Crippen LogP contribution in [0.15, 0.2) is 95.4 Å². The number of aromatic nitrogens is 1. The van der Waals surface area contributed by atoms with Gasteiger partial charge >= 0.3 is 16.5 Å². The molecule has 1 heterocycles. The Morgan fingerprint density at radius 2 is 1.48 bits per heavy atom. The van der Waals surface area contributed by atoms with Crippen LogP contribution in [-0.2, 0) is 29.1 Å². The van der Waals surface area contributed by atoms with Gasteiger partial charge in [-0.15, -0.1) is 0 Å². The molecular weight excluding hydrogens is 377 g/mol. The minimum Gasteiger partial charge on any atom is -0.872 e. The van der Waals surface area contributed by atoms with Crippen LogP contribution in [0.3, 0.4) is 0 Å². The molecule has 2 aromatic carbocycles. The molecule has 6 heteroatoms. The molecule has 4 nitrogen and oxygen atoms in total. The molecule has 0 aliphatic carbocycles. The largest absolute Gasteiger partial charge is 2.00 e. The summed E-state index contributed by atoms with van der Waals surface area (Å²) >= 11 is 5.11. The average Bonchev–Trinajstić information content (AvgIpc) is 2.66. The molecular formula is C19H15N3NiOS. The molecule has 1 aromatic heterocycles. The van der Waals surface area contributed by atoms with E-state index >= 15 is 0 Å². The molecule has 0 unspecified atom stereocenters. The van der Waals surface area contributed by atoms with Crippen molar-refractivity contribution in [3.8, 4) is 5.75 Å². The van der Waals surface area contributed by atoms with Gasteiger partial charge in [0.15, 0.2) is 0 Å². The Morgan fingerprint density at radius 1 is 0.880 bits per heavy atom. The second-order valence-electron chi connectivity index (χ2n) is 4.58. The van der Waals surface area contributed by atoms with E-state index in [2.05, 4.69) is 15.2 Å². The van der Waals surface area contributed by atoms with Crippen molar-refractivity contribution in [2.45, 2.75) is 0 Å². The van der Waals surface area contributed by atoms with E-state index in [4.69, 9.17) is 12.6 Å². The average molecular weight is 392 g/mol. The summed E-state index contributed by atoms with van der Waals surface area (Å²) < 4.78 is 0. The van der Waals surface area contributed by atoms with Crippen LogP contribution in [0.5, 0.6) is 5.75 Å². The fourth-order valence-corrected chi connectivity index (χ4v) is 1.86. The van der Waals surface area contributed by atoms with Crippen molar-refractivity contribution in [1.29, 1.82) is 0 Å². The van der Waals surface area contributed by atoms with Crippen LogP contribution in [0.25, 0.3) is 0 Å². The monoisotopic (exact) mass is 391 g/mol. The van der Waals surface area contributed by atoms with Gasteiger partial charge in [-0.1, -0.05) is 71.5 Å². The molecule has 0 N–H and O–H groups in total. The number of nitrogens with zero attached hydrogens (tertiary/aromatic N) is 3. The van der Waals surface area contributed by atoms with Gasteiger partial charge in [-0.2, -0.15) is 10.2 Å². The van der Waals surface area contributed by atoms with E-state index < -0.39 is 0 Å². The second-order valence-corrected chi connectivity index (χ2v) is 4.96. The smallest absolute Gasteiger partial charge is 0.872 e. The zero-order valence-electron chi connectivity index (χ0n) is 13.1. The molecule has 0 atom stereocenters. The second kappa shape index (κ2) is 11.9. The maximum absolute atomic E-state index is 11.4. The molecule has 0 bridgehead atoms. The van der Waals surface area contributed by atoms with E-state index in [0.717, 1.165) is 5.56 Å². The molecule has 0 amide bonds. The summed E-state index contributed by atoms with van der Waals surface area (Å²) in [5, 5.41) is 19.5. The van der Waals surface area contributed by atoms with Crippen LogP contribution in [0.2, 0.25) is 0 Å². The van der Waals surface area contributed by atoms with Gasteiger partial charge in [-0.25, -0.2) is 0 Å². The molecule has 0 fully saturated rings. The Bertz CT molecular complexity index is 769. The first-order chi connectivity index (χ1) is 11.8. The third kappa shape index (κ3) is 7.70. The van der Waals surface area contributed by atoms with Crippen molar-refractivity contribution in [3.05, 3.63) is 96.3 Å². The van der Waals surface area contributed by atoms with Crippen LogP contribution >= 0.6 is 0 Å². The van der Waals surface area contributed by atoms with Crippen LogP contribution in [0.1, 0.15) is 11.1 Å². The van der Waals surface area contributed by atoms with Gasteiger partial charge in [-0.05, 0) is 23.3 Å². The number of hydrogen-bond donors (Lipinski definition) is 0. The van der Waals surface area contributed by atoms with Crippen LogP contribution in [0, 0.1) is 0 Å². The Balaban J connectivity index is 0.000000379. The molecule has 3 rings (SSSR count). The van der Waals surface area contributed by atoms with Crippen molar-refractivity contribution in [3.63, 3.8) is 0 Å². The SMILES string of the molecule is [Ni+2].[O-]c1ccccc1/C=N/N=C(\[S-])c1ccccc1.c1ccncc1. The molecule has 128 valence electrons. The first-order valence-electron chi connectivity index (χ1n) is 7.22. The molecule has 3 aromatic rings. The molecule has 0 saturated heterocycles. The number of pyridine rings is 1. The standard InChI is InChI=1S/C14H12N2OS.C5H5N.Ni/c17-13-9-5-4-8-12(13)10-15-16-14(18)11-6-2-1-3-7-11;1-2-4-6-5-3-1;/h1-10,17H,(H,16,18);1-5H;/q;;+2/p-2/b15-10+;;. The van der Waals surface area contributed by atoms with E-state index in [9.17, 15) is 5.11 Å². The molecule has 25 heavy (non-hydrogen) atoms. The Morgan fingerprint density at radius 3 is 2.04 bits per heavy atom. The summed E-state index contributed by atoms with van der Waals surface area (Å²) in [6, 6.07) is 21.7. The van der Waals surface area contributed by atoms with E-state index in [0.29, 0.717) is 10.6 Å². The number of rotatable bonds is 3. The van der Waals surface area contributed by atoms with E-state index in [1.54, 1.807) is 30.6 Å². The quantitative estimate of drug-likeness (QED) is 0.226. The van der Waals surface area contributed by atoms with Crippen molar-refractivity contribution in [1.82, 2.24) is 4.98 Å². The third-order valence-corrected chi connectivity index (χ3v) is 3.17. The fourth-order valence-electron chi connectivity index (χ4n) is 1.68. The van der Waals surface area contributed by atoms with E-state index in [1.165, 1.54) is 12.3 Å². The van der Waals surface area contributed by atoms with Crippen molar-refractivity contribution in [2.75, 3.05) is 0 Å². The topological polar surface area (TPSA) is 60.7 Å². The Labute approximate surface area is 162 Å². The number of para-hydroxylation sites is 1. The van der Waals surface area contributed by atoms with Crippen molar-refractivity contribution in [2.24, 2.45) is 10.2 Å². The summed E-state index contributed by atoms with van der Waals surface area (Å²) in [6.07, 6.45) is 4.91. The van der Waals surface area contributed by atoms with E-state index in [-0.39, 0.29) is 22.2 Å². The predicted molar refractivity (Wildman–Crippen MR) is 98.1 cm³/mol. The summed E-state index contributed by atoms with van der Waals surface area (Å²) in [5.41, 5.74) is 1.33. The number of hydrogen-bond acceptors (Lipinski definition) is 5. The van der Waals surface area contributed by atoms with Gasteiger partial charge in [0.1, 0.15) is 0 Å². The van der Waals surface area contributed by atoms with Crippen LogP contribution in [0.4, 0.5) is 0 Å².